The Morgan fingerprint density at radius 1 is 1.21 bits per heavy atom. The van der Waals surface area contributed by atoms with Gasteiger partial charge in [0.1, 0.15) is 17.7 Å². The van der Waals surface area contributed by atoms with Crippen LogP contribution in [0.5, 0.6) is 0 Å². The number of carbonyl (C=O) groups is 2. The number of hydrogen-bond donors (Lipinski definition) is 3. The molecule has 0 bridgehead atoms. The molecule has 0 fully saturated rings. The van der Waals surface area contributed by atoms with E-state index in [0.29, 0.717) is 5.69 Å². The van der Waals surface area contributed by atoms with Crippen molar-refractivity contribution in [2.45, 2.75) is 40.7 Å². The van der Waals surface area contributed by atoms with Gasteiger partial charge in [-0.05, 0) is 37.8 Å². The normalized spacial score (nSPS) is 12.5. The molecule has 1 aromatic rings. The molecular formula is C18H23N3O3. The number of carboxylic acid groups (broad SMARTS) is 1. The van der Waals surface area contributed by atoms with Crippen molar-refractivity contribution in [2.24, 2.45) is 5.92 Å². The van der Waals surface area contributed by atoms with Gasteiger partial charge in [-0.15, -0.1) is 0 Å². The molecule has 0 aliphatic carbocycles. The second-order valence-electron chi connectivity index (χ2n) is 6.12. The Balaban J connectivity index is 2.98. The molecule has 24 heavy (non-hydrogen) atoms. The topological polar surface area (TPSA) is 102 Å². The van der Waals surface area contributed by atoms with Crippen LogP contribution in [-0.2, 0) is 9.59 Å². The van der Waals surface area contributed by atoms with Crippen LogP contribution < -0.4 is 10.6 Å². The monoisotopic (exact) mass is 329 g/mol. The maximum absolute atomic E-state index is 12.3. The predicted molar refractivity (Wildman–Crippen MR) is 92.4 cm³/mol. The average Bonchev–Trinajstić information content (AvgIpc) is 2.46. The zero-order valence-corrected chi connectivity index (χ0v) is 14.6. The maximum atomic E-state index is 12.3. The fraction of sp³-hybridized carbons (Fsp3) is 0.389. The largest absolute Gasteiger partial charge is 0.480 e. The van der Waals surface area contributed by atoms with Gasteiger partial charge in [0.05, 0.1) is 0 Å². The molecule has 0 radical (unpaired) electrons. The summed E-state index contributed by atoms with van der Waals surface area (Å²) in [4.78, 5) is 23.4. The fourth-order valence-corrected chi connectivity index (χ4v) is 2.43. The number of benzene rings is 1. The summed E-state index contributed by atoms with van der Waals surface area (Å²) in [6.07, 6.45) is 1.16. The summed E-state index contributed by atoms with van der Waals surface area (Å²) in [5.74, 6) is -1.81. The van der Waals surface area contributed by atoms with E-state index in [1.807, 2.05) is 32.9 Å². The van der Waals surface area contributed by atoms with Crippen molar-refractivity contribution in [1.29, 1.82) is 5.26 Å². The molecule has 0 saturated carbocycles. The Morgan fingerprint density at radius 3 is 2.17 bits per heavy atom. The SMILES string of the molecule is Cc1cc(C)c(NC(=O)/C(C#N)=C\NC(C(=O)O)C(C)C)c(C)c1. The van der Waals surface area contributed by atoms with Crippen molar-refractivity contribution in [2.75, 3.05) is 5.32 Å². The first-order valence-electron chi connectivity index (χ1n) is 7.65. The first-order chi connectivity index (χ1) is 11.2. The summed E-state index contributed by atoms with van der Waals surface area (Å²) >= 11 is 0. The van der Waals surface area contributed by atoms with Crippen LogP contribution in [0.25, 0.3) is 0 Å². The van der Waals surface area contributed by atoms with Gasteiger partial charge in [-0.3, -0.25) is 4.79 Å². The van der Waals surface area contributed by atoms with Crippen molar-refractivity contribution in [3.05, 3.63) is 40.6 Å². The lowest BCUT2D eigenvalue weighted by molar-refractivity contribution is -0.140. The average molecular weight is 329 g/mol. The van der Waals surface area contributed by atoms with Crippen molar-refractivity contribution in [1.82, 2.24) is 5.32 Å². The van der Waals surface area contributed by atoms with Crippen LogP contribution in [-0.4, -0.2) is 23.0 Å². The lowest BCUT2D eigenvalue weighted by Crippen LogP contribution is -2.38. The molecule has 6 nitrogen and oxygen atoms in total. The van der Waals surface area contributed by atoms with E-state index in [4.69, 9.17) is 5.11 Å². The van der Waals surface area contributed by atoms with Crippen molar-refractivity contribution in [3.8, 4) is 6.07 Å². The predicted octanol–water partition coefficient (Wildman–Crippen LogP) is 2.66. The number of nitriles is 1. The molecule has 0 aliphatic heterocycles. The van der Waals surface area contributed by atoms with Gasteiger partial charge >= 0.3 is 5.97 Å². The first-order valence-corrected chi connectivity index (χ1v) is 7.65. The van der Waals surface area contributed by atoms with Gasteiger partial charge in [0.2, 0.25) is 0 Å². The van der Waals surface area contributed by atoms with Gasteiger partial charge in [0, 0.05) is 11.9 Å². The molecule has 6 heteroatoms. The quantitative estimate of drug-likeness (QED) is 0.550. The molecule has 1 amide bonds. The highest BCUT2D eigenvalue weighted by molar-refractivity contribution is 6.07. The number of nitrogens with one attached hydrogen (secondary N) is 2. The Hall–Kier alpha value is -2.81. The fourth-order valence-electron chi connectivity index (χ4n) is 2.43. The van der Waals surface area contributed by atoms with E-state index in [9.17, 15) is 14.9 Å². The molecule has 3 N–H and O–H groups in total. The summed E-state index contributed by atoms with van der Waals surface area (Å²) in [5, 5.41) is 23.7. The van der Waals surface area contributed by atoms with Gasteiger partial charge in [0.15, 0.2) is 0 Å². The molecule has 0 aromatic heterocycles. The van der Waals surface area contributed by atoms with Gasteiger partial charge in [-0.1, -0.05) is 31.5 Å². The third kappa shape index (κ3) is 4.85. The van der Waals surface area contributed by atoms with E-state index in [1.54, 1.807) is 19.9 Å². The van der Waals surface area contributed by atoms with Crippen molar-refractivity contribution in [3.63, 3.8) is 0 Å². The zero-order chi connectivity index (χ0) is 18.4. The molecule has 0 saturated heterocycles. The molecular weight excluding hydrogens is 306 g/mol. The van der Waals surface area contributed by atoms with Crippen LogP contribution in [0.1, 0.15) is 30.5 Å². The highest BCUT2D eigenvalue weighted by Crippen LogP contribution is 2.22. The molecule has 1 atom stereocenters. The summed E-state index contributed by atoms with van der Waals surface area (Å²) in [6.45, 7) is 9.20. The number of nitrogens with zero attached hydrogens (tertiary/aromatic N) is 1. The van der Waals surface area contributed by atoms with Gasteiger partial charge < -0.3 is 15.7 Å². The number of aryl methyl sites for hydroxylation is 3. The standard InChI is InChI=1S/C18H23N3O3/c1-10(2)15(18(23)24)20-9-14(8-19)17(22)21-16-12(4)6-11(3)7-13(16)5/h6-7,9-10,15,20H,1-5H3,(H,21,22)(H,23,24)/b14-9-. The Kier molecular flexibility index (Phi) is 6.54. The van der Waals surface area contributed by atoms with E-state index in [-0.39, 0.29) is 11.5 Å². The molecule has 128 valence electrons. The summed E-state index contributed by atoms with van der Waals surface area (Å²) < 4.78 is 0. The van der Waals surface area contributed by atoms with E-state index >= 15 is 0 Å². The summed E-state index contributed by atoms with van der Waals surface area (Å²) in [5.41, 5.74) is 3.36. The zero-order valence-electron chi connectivity index (χ0n) is 14.6. The van der Waals surface area contributed by atoms with E-state index < -0.39 is 17.9 Å². The van der Waals surface area contributed by atoms with Crippen molar-refractivity contribution >= 4 is 17.6 Å². The molecule has 0 spiro atoms. The second-order valence-corrected chi connectivity index (χ2v) is 6.12. The minimum absolute atomic E-state index is 0.179. The Morgan fingerprint density at radius 2 is 1.75 bits per heavy atom. The van der Waals surface area contributed by atoms with Crippen molar-refractivity contribution < 1.29 is 14.7 Å². The van der Waals surface area contributed by atoms with E-state index in [0.717, 1.165) is 22.9 Å². The minimum Gasteiger partial charge on any atom is -0.480 e. The number of rotatable bonds is 6. The number of carboxylic acids is 1. The number of anilines is 1. The van der Waals surface area contributed by atoms with Gasteiger partial charge in [-0.2, -0.15) is 5.26 Å². The number of aliphatic carboxylic acids is 1. The smallest absolute Gasteiger partial charge is 0.326 e. The Labute approximate surface area is 142 Å². The highest BCUT2D eigenvalue weighted by atomic mass is 16.4. The summed E-state index contributed by atoms with van der Waals surface area (Å²) in [7, 11) is 0. The summed E-state index contributed by atoms with van der Waals surface area (Å²) in [6, 6.07) is 4.81. The van der Waals surface area contributed by atoms with E-state index in [2.05, 4.69) is 10.6 Å². The van der Waals surface area contributed by atoms with E-state index in [1.165, 1.54) is 0 Å². The second kappa shape index (κ2) is 8.16. The van der Waals surface area contributed by atoms with Crippen LogP contribution in [0.3, 0.4) is 0 Å². The maximum Gasteiger partial charge on any atom is 0.326 e. The third-order valence-electron chi connectivity index (χ3n) is 3.62. The molecule has 1 rings (SSSR count). The highest BCUT2D eigenvalue weighted by Gasteiger charge is 2.21. The minimum atomic E-state index is -1.04. The first kappa shape index (κ1) is 19.2. The number of hydrogen-bond acceptors (Lipinski definition) is 4. The van der Waals surface area contributed by atoms with Crippen LogP contribution in [0.15, 0.2) is 23.9 Å². The number of amides is 1. The van der Waals surface area contributed by atoms with Crippen LogP contribution >= 0.6 is 0 Å². The Bertz CT molecular complexity index is 692. The van der Waals surface area contributed by atoms with Gasteiger partial charge in [0.25, 0.3) is 5.91 Å². The van der Waals surface area contributed by atoms with Crippen LogP contribution in [0.4, 0.5) is 5.69 Å². The van der Waals surface area contributed by atoms with Crippen LogP contribution in [0, 0.1) is 38.0 Å². The van der Waals surface area contributed by atoms with Crippen LogP contribution in [0.2, 0.25) is 0 Å². The molecule has 1 unspecified atom stereocenters. The molecule has 0 aliphatic rings. The lowest BCUT2D eigenvalue weighted by Gasteiger charge is -2.17. The molecule has 0 heterocycles. The number of carbonyl (C=O) groups excluding carboxylic acids is 1. The van der Waals surface area contributed by atoms with Gasteiger partial charge in [-0.25, -0.2) is 4.79 Å². The third-order valence-corrected chi connectivity index (χ3v) is 3.62. The molecule has 1 aromatic carbocycles. The lowest BCUT2D eigenvalue weighted by atomic mass is 10.0.